The highest BCUT2D eigenvalue weighted by Gasteiger charge is 2.69. The van der Waals surface area contributed by atoms with Crippen molar-refractivity contribution in [2.75, 3.05) is 0 Å². The summed E-state index contributed by atoms with van der Waals surface area (Å²) in [5, 5.41) is 33.2. The number of hydrogen-bond acceptors (Lipinski definition) is 7. The molecule has 5 rings (SSSR count). The van der Waals surface area contributed by atoms with E-state index in [2.05, 4.69) is 13.8 Å². The minimum Gasteiger partial charge on any atom is -0.460 e. The van der Waals surface area contributed by atoms with E-state index in [1.54, 1.807) is 6.92 Å². The minimum absolute atomic E-state index is 0.0574. The van der Waals surface area contributed by atoms with E-state index in [0.717, 1.165) is 38.5 Å². The van der Waals surface area contributed by atoms with E-state index in [4.69, 9.17) is 14.2 Å². The van der Waals surface area contributed by atoms with Gasteiger partial charge >= 0.3 is 5.97 Å². The number of hydrogen-bond donors (Lipinski definition) is 3. The Morgan fingerprint density at radius 1 is 1.00 bits per heavy atom. The van der Waals surface area contributed by atoms with Crippen LogP contribution in [-0.2, 0) is 19.0 Å². The van der Waals surface area contributed by atoms with Crippen LogP contribution in [0, 0.1) is 46.3 Å². The second kappa shape index (κ2) is 9.65. The number of carbonyl (C=O) groups excluding carboxylic acids is 1. The summed E-state index contributed by atoms with van der Waals surface area (Å²) in [7, 11) is 0. The van der Waals surface area contributed by atoms with E-state index in [1.165, 1.54) is 19.8 Å². The van der Waals surface area contributed by atoms with Crippen molar-refractivity contribution in [1.82, 2.24) is 0 Å². The normalized spacial score (nSPS) is 52.5. The van der Waals surface area contributed by atoms with Gasteiger partial charge in [-0.25, -0.2) is 0 Å². The topological polar surface area (TPSA) is 105 Å². The van der Waals surface area contributed by atoms with Gasteiger partial charge in [0.2, 0.25) is 0 Å². The summed E-state index contributed by atoms with van der Waals surface area (Å²) >= 11 is 0. The summed E-state index contributed by atoms with van der Waals surface area (Å²) in [5.41, 5.74) is -1.46. The monoisotopic (exact) mass is 550 g/mol. The molecule has 5 fully saturated rings. The maximum Gasteiger partial charge on any atom is 0.303 e. The first-order valence-electron chi connectivity index (χ1n) is 15.6. The Labute approximate surface area is 235 Å². The Morgan fingerprint density at radius 3 is 2.33 bits per heavy atom. The average Bonchev–Trinajstić information content (AvgIpc) is 3.20. The van der Waals surface area contributed by atoms with Crippen LogP contribution >= 0.6 is 0 Å². The smallest absolute Gasteiger partial charge is 0.303 e. The molecule has 0 aromatic rings. The van der Waals surface area contributed by atoms with Gasteiger partial charge in [0.15, 0.2) is 0 Å². The Hall–Kier alpha value is -0.730. The van der Waals surface area contributed by atoms with Gasteiger partial charge in [0, 0.05) is 19.8 Å². The molecule has 1 saturated heterocycles. The van der Waals surface area contributed by atoms with Gasteiger partial charge in [-0.3, -0.25) is 4.79 Å². The summed E-state index contributed by atoms with van der Waals surface area (Å²) in [6.45, 7) is 15.7. The summed E-state index contributed by atoms with van der Waals surface area (Å²) in [6, 6.07) is 0. The fourth-order valence-electron chi connectivity index (χ4n) is 10.8. The van der Waals surface area contributed by atoms with Crippen molar-refractivity contribution in [2.45, 2.75) is 149 Å². The first-order chi connectivity index (χ1) is 17.9. The molecule has 4 saturated carbocycles. The van der Waals surface area contributed by atoms with Crippen LogP contribution in [0.2, 0.25) is 0 Å². The molecule has 0 aromatic heterocycles. The SMILES string of the molecule is CC(=O)OC(C)(C)[C@@H](C)C[C@H]1OC(C)(O)O[C@@]1(C)[C@H]1[C@@H](O)C[C@H]2[C@@H]3CC[C@H]4C[C@H](O)CC[C@]4(C)[C@H]3CC[C@@]21C. The van der Waals surface area contributed by atoms with Crippen LogP contribution in [0.3, 0.4) is 0 Å². The molecule has 0 amide bonds. The predicted molar refractivity (Wildman–Crippen MR) is 147 cm³/mol. The highest BCUT2D eigenvalue weighted by Crippen LogP contribution is 2.69. The summed E-state index contributed by atoms with van der Waals surface area (Å²) in [4.78, 5) is 11.8. The van der Waals surface area contributed by atoms with Crippen LogP contribution < -0.4 is 0 Å². The molecule has 39 heavy (non-hydrogen) atoms. The maximum atomic E-state index is 11.8. The molecule has 1 aliphatic heterocycles. The molecule has 3 N–H and O–H groups in total. The van der Waals surface area contributed by atoms with E-state index >= 15 is 0 Å². The van der Waals surface area contributed by atoms with Crippen LogP contribution in [-0.4, -0.2) is 56.8 Å². The van der Waals surface area contributed by atoms with Crippen molar-refractivity contribution in [3.05, 3.63) is 0 Å². The fourth-order valence-corrected chi connectivity index (χ4v) is 10.8. The number of fused-ring (bicyclic) bond motifs is 5. The Balaban J connectivity index is 1.42. The van der Waals surface area contributed by atoms with Crippen LogP contribution in [0.15, 0.2) is 0 Å². The number of carbonyl (C=O) groups is 1. The van der Waals surface area contributed by atoms with Gasteiger partial charge in [-0.1, -0.05) is 20.8 Å². The third-order valence-electron chi connectivity index (χ3n) is 12.9. The molecular weight excluding hydrogens is 496 g/mol. The van der Waals surface area contributed by atoms with Crippen molar-refractivity contribution in [3.63, 3.8) is 0 Å². The molecule has 0 radical (unpaired) electrons. The lowest BCUT2D eigenvalue weighted by Crippen LogP contribution is -2.58. The maximum absolute atomic E-state index is 11.8. The van der Waals surface area contributed by atoms with Crippen LogP contribution in [0.1, 0.15) is 113 Å². The van der Waals surface area contributed by atoms with Gasteiger partial charge in [0.25, 0.3) is 5.97 Å². The summed E-state index contributed by atoms with van der Waals surface area (Å²) < 4.78 is 18.2. The number of ether oxygens (including phenoxy) is 3. The van der Waals surface area contributed by atoms with E-state index in [1.807, 2.05) is 27.7 Å². The molecular formula is C32H54O7. The number of aliphatic hydroxyl groups is 3. The Morgan fingerprint density at radius 2 is 1.67 bits per heavy atom. The van der Waals surface area contributed by atoms with Crippen molar-refractivity contribution >= 4 is 5.97 Å². The van der Waals surface area contributed by atoms with E-state index < -0.39 is 29.4 Å². The van der Waals surface area contributed by atoms with E-state index in [9.17, 15) is 20.1 Å². The molecule has 5 aliphatic rings. The molecule has 7 nitrogen and oxygen atoms in total. The van der Waals surface area contributed by atoms with E-state index in [0.29, 0.717) is 30.1 Å². The van der Waals surface area contributed by atoms with Gasteiger partial charge < -0.3 is 29.5 Å². The van der Waals surface area contributed by atoms with Crippen LogP contribution in [0.25, 0.3) is 0 Å². The zero-order valence-corrected chi connectivity index (χ0v) is 25.5. The Bertz CT molecular complexity index is 949. The minimum atomic E-state index is -1.75. The molecule has 0 aromatic carbocycles. The lowest BCUT2D eigenvalue weighted by Gasteiger charge is -2.61. The summed E-state index contributed by atoms with van der Waals surface area (Å²) in [6.07, 6.45) is 7.58. The largest absolute Gasteiger partial charge is 0.460 e. The van der Waals surface area contributed by atoms with Crippen LogP contribution in [0.4, 0.5) is 0 Å². The predicted octanol–water partition coefficient (Wildman–Crippen LogP) is 5.19. The van der Waals surface area contributed by atoms with Gasteiger partial charge in [0.05, 0.1) is 18.3 Å². The van der Waals surface area contributed by atoms with Crippen LogP contribution in [0.5, 0.6) is 0 Å². The zero-order valence-electron chi connectivity index (χ0n) is 25.5. The molecule has 4 aliphatic carbocycles. The second-order valence-corrected chi connectivity index (χ2v) is 15.5. The summed E-state index contributed by atoms with van der Waals surface area (Å²) in [5.74, 6) is -0.127. The first-order valence-corrected chi connectivity index (χ1v) is 15.6. The third-order valence-corrected chi connectivity index (χ3v) is 12.9. The van der Waals surface area contributed by atoms with Gasteiger partial charge in [0.1, 0.15) is 11.2 Å². The zero-order chi connectivity index (χ0) is 28.8. The lowest BCUT2D eigenvalue weighted by molar-refractivity contribution is -0.319. The van der Waals surface area contributed by atoms with Gasteiger partial charge in [-0.2, -0.15) is 0 Å². The third kappa shape index (κ3) is 4.80. The quantitative estimate of drug-likeness (QED) is 0.405. The molecule has 7 heteroatoms. The molecule has 1 unspecified atom stereocenters. The number of rotatable bonds is 5. The number of esters is 1. The van der Waals surface area contributed by atoms with Gasteiger partial charge in [-0.05, 0) is 119 Å². The lowest BCUT2D eigenvalue weighted by atomic mass is 9.44. The highest BCUT2D eigenvalue weighted by molar-refractivity contribution is 5.66. The fraction of sp³-hybridized carbons (Fsp3) is 0.969. The second-order valence-electron chi connectivity index (χ2n) is 15.5. The van der Waals surface area contributed by atoms with Crippen molar-refractivity contribution in [3.8, 4) is 0 Å². The molecule has 0 spiro atoms. The highest BCUT2D eigenvalue weighted by atomic mass is 16.9. The van der Waals surface area contributed by atoms with Crippen molar-refractivity contribution < 1.29 is 34.3 Å². The van der Waals surface area contributed by atoms with Crippen molar-refractivity contribution in [2.24, 2.45) is 46.3 Å². The standard InChI is InChI=1S/C32H54O7/c1-18(28(3,4)37-19(2)33)15-26-31(7,39-32(8,36)38-26)27-25(35)17-24-22-10-9-20-16-21(34)11-13-29(20,5)23(22)12-14-30(24,27)6/h18,20-27,34-36H,9-17H2,1-8H3/t18-,20-,21+,22+,23-,24-,25-,26+,27-,29-,30-,31+,32?/m0/s1. The first kappa shape index (κ1) is 29.8. The van der Waals surface area contributed by atoms with Gasteiger partial charge in [-0.15, -0.1) is 0 Å². The molecule has 13 atom stereocenters. The molecule has 1 heterocycles. The Kier molecular flexibility index (Phi) is 7.36. The average molecular weight is 551 g/mol. The van der Waals surface area contributed by atoms with Crippen molar-refractivity contribution in [1.29, 1.82) is 0 Å². The number of aliphatic hydroxyl groups excluding tert-OH is 2. The molecule has 224 valence electrons. The van der Waals surface area contributed by atoms with E-state index in [-0.39, 0.29) is 34.7 Å². The molecule has 0 bridgehead atoms.